The Kier molecular flexibility index (Phi) is 6.91. The van der Waals surface area contributed by atoms with E-state index in [9.17, 15) is 22.4 Å². The Labute approximate surface area is 235 Å². The second-order valence-corrected chi connectivity index (χ2v) is 10.5. The Morgan fingerprint density at radius 3 is 2.41 bits per heavy atom. The molecule has 11 heteroatoms. The van der Waals surface area contributed by atoms with Crippen LogP contribution >= 0.6 is 45.2 Å². The molecule has 2 aromatic carbocycles. The SMILES string of the molecule is O=C(Nc1ccc(I)cc1)c1cc(-c2cccn3c(-c4cccc(F)c4F)ncc23)cnc1C(F)(F)I. The number of aromatic nitrogens is 3. The number of amides is 1. The summed E-state index contributed by atoms with van der Waals surface area (Å²) in [6.45, 7) is 0. The van der Waals surface area contributed by atoms with Gasteiger partial charge < -0.3 is 5.32 Å². The summed E-state index contributed by atoms with van der Waals surface area (Å²) in [4.78, 5) is 21.3. The number of alkyl halides is 3. The predicted molar refractivity (Wildman–Crippen MR) is 149 cm³/mol. The number of carbonyl (C=O) groups is 1. The lowest BCUT2D eigenvalue weighted by atomic mass is 10.0. The van der Waals surface area contributed by atoms with Gasteiger partial charge in [-0.05, 0) is 71.1 Å². The van der Waals surface area contributed by atoms with Crippen molar-refractivity contribution in [2.24, 2.45) is 0 Å². The van der Waals surface area contributed by atoms with Crippen molar-refractivity contribution in [1.29, 1.82) is 0 Å². The highest BCUT2D eigenvalue weighted by Gasteiger charge is 2.34. The molecule has 37 heavy (non-hydrogen) atoms. The van der Waals surface area contributed by atoms with Gasteiger partial charge >= 0.3 is 3.93 Å². The quantitative estimate of drug-likeness (QED) is 0.115. The first-order chi connectivity index (χ1) is 17.6. The van der Waals surface area contributed by atoms with E-state index in [1.54, 1.807) is 47.0 Å². The van der Waals surface area contributed by atoms with Crippen molar-refractivity contribution in [3.05, 3.63) is 106 Å². The third-order valence-corrected chi connectivity index (χ3v) is 6.81. The third kappa shape index (κ3) is 5.06. The lowest BCUT2D eigenvalue weighted by Gasteiger charge is -2.15. The van der Waals surface area contributed by atoms with Gasteiger partial charge in [0.2, 0.25) is 0 Å². The average molecular weight is 728 g/mol. The summed E-state index contributed by atoms with van der Waals surface area (Å²) < 4.78 is 56.1. The smallest absolute Gasteiger partial charge is 0.322 e. The molecule has 0 saturated heterocycles. The zero-order valence-corrected chi connectivity index (χ0v) is 22.8. The predicted octanol–water partition coefficient (Wildman–Crippen LogP) is 7.68. The number of hydrogen-bond acceptors (Lipinski definition) is 3. The molecule has 1 N–H and O–H groups in total. The standard InChI is InChI=1S/C26H14F4I2N4O/c27-20-5-1-3-18(22(20)28)24-34-13-21-17(4-2-10-36(21)24)14-11-19(23(33-12-14)26(29,30)32)25(37)35-16-8-6-15(31)7-9-16/h1-13H,(H,35,37). The van der Waals surface area contributed by atoms with Gasteiger partial charge in [0.15, 0.2) is 11.6 Å². The zero-order chi connectivity index (χ0) is 26.3. The van der Waals surface area contributed by atoms with Crippen LogP contribution in [-0.2, 0) is 3.93 Å². The Hall–Kier alpha value is -3.07. The number of anilines is 1. The number of halogens is 6. The summed E-state index contributed by atoms with van der Waals surface area (Å²) >= 11 is 3.05. The molecule has 0 atom stereocenters. The van der Waals surface area contributed by atoms with Gasteiger partial charge in [0, 0.05) is 55.4 Å². The average Bonchev–Trinajstić information content (AvgIpc) is 3.30. The largest absolute Gasteiger partial charge is 0.338 e. The van der Waals surface area contributed by atoms with Crippen molar-refractivity contribution in [2.45, 2.75) is 3.93 Å². The molecule has 3 heterocycles. The van der Waals surface area contributed by atoms with E-state index < -0.39 is 27.2 Å². The van der Waals surface area contributed by atoms with Crippen LogP contribution in [0.15, 0.2) is 79.3 Å². The van der Waals surface area contributed by atoms with Crippen LogP contribution in [-0.4, -0.2) is 20.3 Å². The van der Waals surface area contributed by atoms with Crippen molar-refractivity contribution >= 4 is 62.3 Å². The molecular weight excluding hydrogens is 714 g/mol. The second-order valence-electron chi connectivity index (χ2n) is 7.94. The Bertz CT molecular complexity index is 1650. The van der Waals surface area contributed by atoms with Crippen LogP contribution < -0.4 is 5.32 Å². The summed E-state index contributed by atoms with van der Waals surface area (Å²) in [6.07, 6.45) is 4.33. The summed E-state index contributed by atoms with van der Waals surface area (Å²) in [6, 6.07) is 15.4. The number of carbonyl (C=O) groups excluding carboxylic acids is 1. The normalized spacial score (nSPS) is 11.6. The zero-order valence-electron chi connectivity index (χ0n) is 18.5. The maximum absolute atomic E-state index is 14.5. The molecule has 3 aromatic heterocycles. The number of benzene rings is 2. The molecule has 5 aromatic rings. The van der Waals surface area contributed by atoms with Crippen LogP contribution in [0.1, 0.15) is 16.1 Å². The van der Waals surface area contributed by atoms with Gasteiger partial charge in [-0.3, -0.25) is 14.2 Å². The number of imidazole rings is 1. The highest BCUT2D eigenvalue weighted by molar-refractivity contribution is 14.1. The van der Waals surface area contributed by atoms with Crippen LogP contribution in [0.5, 0.6) is 0 Å². The first-order valence-corrected chi connectivity index (χ1v) is 12.8. The van der Waals surface area contributed by atoms with Gasteiger partial charge in [0.25, 0.3) is 5.91 Å². The van der Waals surface area contributed by atoms with E-state index in [1.807, 2.05) is 0 Å². The van der Waals surface area contributed by atoms with E-state index in [0.29, 0.717) is 22.3 Å². The van der Waals surface area contributed by atoms with E-state index in [-0.39, 0.29) is 17.0 Å². The van der Waals surface area contributed by atoms with E-state index in [2.05, 4.69) is 37.9 Å². The van der Waals surface area contributed by atoms with E-state index in [1.165, 1.54) is 30.6 Å². The first kappa shape index (κ1) is 25.6. The lowest BCUT2D eigenvalue weighted by Crippen LogP contribution is -2.19. The highest BCUT2D eigenvalue weighted by atomic mass is 127. The van der Waals surface area contributed by atoms with E-state index in [0.717, 1.165) is 32.2 Å². The van der Waals surface area contributed by atoms with Crippen LogP contribution in [0.25, 0.3) is 28.0 Å². The molecule has 0 aliphatic heterocycles. The maximum atomic E-state index is 14.5. The molecule has 0 aliphatic carbocycles. The lowest BCUT2D eigenvalue weighted by molar-refractivity contribution is 0.0987. The fourth-order valence-corrected chi connectivity index (χ4v) is 4.67. The number of nitrogens with one attached hydrogen (secondary N) is 1. The van der Waals surface area contributed by atoms with Gasteiger partial charge in [0.05, 0.1) is 22.8 Å². The van der Waals surface area contributed by atoms with Crippen molar-refractivity contribution in [2.75, 3.05) is 5.32 Å². The molecule has 5 rings (SSSR count). The van der Waals surface area contributed by atoms with Gasteiger partial charge in [-0.1, -0.05) is 12.1 Å². The maximum Gasteiger partial charge on any atom is 0.338 e. The number of pyridine rings is 2. The Balaban J connectivity index is 1.61. The van der Waals surface area contributed by atoms with Crippen molar-refractivity contribution in [3.63, 3.8) is 0 Å². The van der Waals surface area contributed by atoms with Gasteiger partial charge in [-0.25, -0.2) is 13.8 Å². The molecule has 5 nitrogen and oxygen atoms in total. The Morgan fingerprint density at radius 1 is 0.946 bits per heavy atom. The minimum Gasteiger partial charge on any atom is -0.322 e. The monoisotopic (exact) mass is 728 g/mol. The summed E-state index contributed by atoms with van der Waals surface area (Å²) in [5.74, 6) is -2.63. The van der Waals surface area contributed by atoms with Gasteiger partial charge in [0.1, 0.15) is 11.5 Å². The van der Waals surface area contributed by atoms with Gasteiger partial charge in [-0.15, -0.1) is 0 Å². The van der Waals surface area contributed by atoms with Crippen LogP contribution in [0.3, 0.4) is 0 Å². The number of fused-ring (bicyclic) bond motifs is 1. The third-order valence-electron chi connectivity index (χ3n) is 5.58. The van der Waals surface area contributed by atoms with Crippen molar-refractivity contribution < 1.29 is 22.4 Å². The molecule has 0 radical (unpaired) electrons. The minimum absolute atomic E-state index is 0.0345. The molecule has 0 saturated carbocycles. The van der Waals surface area contributed by atoms with Crippen LogP contribution in [0.4, 0.5) is 23.2 Å². The summed E-state index contributed by atoms with van der Waals surface area (Å²) in [5, 5.41) is 2.64. The first-order valence-electron chi connectivity index (χ1n) is 10.7. The number of nitrogens with zero attached hydrogens (tertiary/aromatic N) is 3. The van der Waals surface area contributed by atoms with E-state index >= 15 is 0 Å². The second kappa shape index (κ2) is 10.0. The molecular formula is C26H14F4I2N4O. The molecule has 1 amide bonds. The van der Waals surface area contributed by atoms with Crippen molar-refractivity contribution in [3.8, 4) is 22.5 Å². The highest BCUT2D eigenvalue weighted by Crippen LogP contribution is 2.38. The fraction of sp³-hybridized carbons (Fsp3) is 0.0385. The van der Waals surface area contributed by atoms with Gasteiger partial charge in [-0.2, -0.15) is 8.78 Å². The summed E-state index contributed by atoms with van der Waals surface area (Å²) in [5.41, 5.74) is 0.800. The molecule has 0 aliphatic rings. The fourth-order valence-electron chi connectivity index (χ4n) is 3.88. The molecule has 0 fully saturated rings. The molecule has 186 valence electrons. The summed E-state index contributed by atoms with van der Waals surface area (Å²) in [7, 11) is 0. The van der Waals surface area contributed by atoms with Crippen LogP contribution in [0.2, 0.25) is 0 Å². The van der Waals surface area contributed by atoms with Crippen LogP contribution in [0, 0.1) is 15.2 Å². The number of hydrogen-bond donors (Lipinski definition) is 1. The molecule has 0 bridgehead atoms. The number of rotatable bonds is 5. The van der Waals surface area contributed by atoms with Crippen molar-refractivity contribution in [1.82, 2.24) is 14.4 Å². The topological polar surface area (TPSA) is 59.3 Å². The minimum atomic E-state index is -3.40. The van der Waals surface area contributed by atoms with E-state index in [4.69, 9.17) is 0 Å². The molecule has 0 unspecified atom stereocenters. The Morgan fingerprint density at radius 2 is 1.68 bits per heavy atom. The molecule has 0 spiro atoms.